The van der Waals surface area contributed by atoms with Crippen LogP contribution in [0.15, 0.2) is 41.2 Å². The Morgan fingerprint density at radius 1 is 1.22 bits per heavy atom. The first kappa shape index (κ1) is 19.2. The van der Waals surface area contributed by atoms with E-state index in [9.17, 15) is 14.0 Å². The number of nitrogens with one attached hydrogen (secondary N) is 1. The van der Waals surface area contributed by atoms with Gasteiger partial charge >= 0.3 is 0 Å². The number of amides is 1. The standard InChI is InChI=1S/C20H21ClFN3O2/c1-12-15(21)6-5-7-16(12)23-18(26)11-24-17-10-13(22)8-9-14(17)19(27)25(24)20(2,3)4/h5-10H,11H2,1-4H3,(H,23,26). The van der Waals surface area contributed by atoms with Gasteiger partial charge in [-0.2, -0.15) is 0 Å². The molecule has 27 heavy (non-hydrogen) atoms. The minimum Gasteiger partial charge on any atom is -0.324 e. The molecule has 2 aromatic carbocycles. The Kier molecular flexibility index (Phi) is 4.86. The number of fused-ring (bicyclic) bond motifs is 1. The highest BCUT2D eigenvalue weighted by Crippen LogP contribution is 2.24. The highest BCUT2D eigenvalue weighted by molar-refractivity contribution is 6.31. The van der Waals surface area contributed by atoms with Crippen LogP contribution >= 0.6 is 11.6 Å². The van der Waals surface area contributed by atoms with Crippen LogP contribution in [0.25, 0.3) is 10.9 Å². The molecule has 0 atom stereocenters. The van der Waals surface area contributed by atoms with Crippen LogP contribution in [0.1, 0.15) is 26.3 Å². The number of halogens is 2. The van der Waals surface area contributed by atoms with Crippen molar-refractivity contribution >= 4 is 34.1 Å². The van der Waals surface area contributed by atoms with E-state index in [1.54, 1.807) is 18.2 Å². The lowest BCUT2D eigenvalue weighted by atomic mass is 10.1. The maximum absolute atomic E-state index is 13.8. The van der Waals surface area contributed by atoms with Gasteiger partial charge in [-0.25, -0.2) is 9.07 Å². The number of carbonyl (C=O) groups is 1. The number of aromatic nitrogens is 2. The molecule has 0 fully saturated rings. The summed E-state index contributed by atoms with van der Waals surface area (Å²) in [5.41, 5.74) is 0.889. The van der Waals surface area contributed by atoms with Gasteiger partial charge in [0.25, 0.3) is 5.56 Å². The Hall–Kier alpha value is -2.60. The summed E-state index contributed by atoms with van der Waals surface area (Å²) in [4.78, 5) is 25.5. The first-order chi connectivity index (χ1) is 12.6. The normalized spacial score (nSPS) is 11.8. The van der Waals surface area contributed by atoms with E-state index in [1.807, 2.05) is 27.7 Å². The quantitative estimate of drug-likeness (QED) is 0.726. The fraction of sp³-hybridized carbons (Fsp3) is 0.300. The summed E-state index contributed by atoms with van der Waals surface area (Å²) in [5.74, 6) is -0.798. The lowest BCUT2D eigenvalue weighted by Crippen LogP contribution is -2.38. The lowest BCUT2D eigenvalue weighted by molar-refractivity contribution is -0.117. The molecular formula is C20H21ClFN3O2. The smallest absolute Gasteiger partial charge is 0.275 e. The van der Waals surface area contributed by atoms with Gasteiger partial charge in [-0.1, -0.05) is 17.7 Å². The number of rotatable bonds is 3. The molecule has 1 heterocycles. The third-order valence-electron chi connectivity index (χ3n) is 4.37. The Morgan fingerprint density at radius 3 is 2.59 bits per heavy atom. The number of anilines is 1. The molecule has 0 saturated carbocycles. The van der Waals surface area contributed by atoms with Crippen LogP contribution in [0.3, 0.4) is 0 Å². The Bertz CT molecular complexity index is 1090. The Balaban J connectivity index is 2.05. The van der Waals surface area contributed by atoms with Crippen LogP contribution in [0.5, 0.6) is 0 Å². The molecular weight excluding hydrogens is 369 g/mol. The van der Waals surface area contributed by atoms with Gasteiger partial charge in [-0.3, -0.25) is 14.3 Å². The van der Waals surface area contributed by atoms with Crippen molar-refractivity contribution in [1.29, 1.82) is 0 Å². The van der Waals surface area contributed by atoms with Crippen LogP contribution in [-0.4, -0.2) is 15.3 Å². The molecule has 7 heteroatoms. The molecule has 0 aliphatic rings. The van der Waals surface area contributed by atoms with Gasteiger partial charge in [0.05, 0.1) is 16.4 Å². The topological polar surface area (TPSA) is 56.0 Å². The number of carbonyl (C=O) groups excluding carboxylic acids is 1. The molecule has 0 saturated heterocycles. The highest BCUT2D eigenvalue weighted by atomic mass is 35.5. The minimum absolute atomic E-state index is 0.134. The van der Waals surface area contributed by atoms with E-state index in [4.69, 9.17) is 11.6 Å². The van der Waals surface area contributed by atoms with Crippen LogP contribution in [0, 0.1) is 12.7 Å². The van der Waals surface area contributed by atoms with Gasteiger partial charge in [0, 0.05) is 10.7 Å². The average Bonchev–Trinajstić information content (AvgIpc) is 2.83. The molecule has 0 radical (unpaired) electrons. The first-order valence-corrected chi connectivity index (χ1v) is 8.94. The minimum atomic E-state index is -0.584. The van der Waals surface area contributed by atoms with E-state index in [0.29, 0.717) is 21.6 Å². The highest BCUT2D eigenvalue weighted by Gasteiger charge is 2.24. The third-order valence-corrected chi connectivity index (χ3v) is 4.78. The molecule has 0 bridgehead atoms. The Labute approximate surface area is 161 Å². The predicted octanol–water partition coefficient (Wildman–Crippen LogP) is 4.30. The second kappa shape index (κ2) is 6.85. The second-order valence-corrected chi connectivity index (χ2v) is 7.87. The summed E-state index contributed by atoms with van der Waals surface area (Å²) in [6.45, 7) is 7.26. The molecule has 3 rings (SSSR count). The van der Waals surface area contributed by atoms with Gasteiger partial charge in [-0.15, -0.1) is 0 Å². The fourth-order valence-electron chi connectivity index (χ4n) is 3.12. The Morgan fingerprint density at radius 2 is 1.93 bits per heavy atom. The van der Waals surface area contributed by atoms with Crippen molar-refractivity contribution in [3.63, 3.8) is 0 Å². The van der Waals surface area contributed by atoms with E-state index in [2.05, 4.69) is 5.32 Å². The first-order valence-electron chi connectivity index (χ1n) is 8.56. The number of benzene rings is 2. The summed E-state index contributed by atoms with van der Waals surface area (Å²) in [7, 11) is 0. The van der Waals surface area contributed by atoms with E-state index in [1.165, 1.54) is 27.6 Å². The zero-order valence-electron chi connectivity index (χ0n) is 15.6. The van der Waals surface area contributed by atoms with Gasteiger partial charge in [0.15, 0.2) is 0 Å². The number of nitrogens with zero attached hydrogens (tertiary/aromatic N) is 2. The average molecular weight is 390 g/mol. The summed E-state index contributed by atoms with van der Waals surface area (Å²) in [6.07, 6.45) is 0. The molecule has 3 aromatic rings. The summed E-state index contributed by atoms with van der Waals surface area (Å²) in [6, 6.07) is 9.21. The third kappa shape index (κ3) is 3.62. The molecule has 1 N–H and O–H groups in total. The SMILES string of the molecule is Cc1c(Cl)cccc1NC(=O)Cn1c2cc(F)ccc2c(=O)n1C(C)(C)C. The van der Waals surface area contributed by atoms with E-state index >= 15 is 0 Å². The summed E-state index contributed by atoms with van der Waals surface area (Å²) < 4.78 is 16.8. The molecule has 1 aromatic heterocycles. The van der Waals surface area contributed by atoms with Crippen molar-refractivity contribution < 1.29 is 9.18 Å². The molecule has 1 amide bonds. The van der Waals surface area contributed by atoms with E-state index < -0.39 is 11.4 Å². The zero-order chi connectivity index (χ0) is 19.9. The van der Waals surface area contributed by atoms with Crippen molar-refractivity contribution in [3.05, 3.63) is 63.2 Å². The van der Waals surface area contributed by atoms with Crippen LogP contribution in [0.4, 0.5) is 10.1 Å². The maximum atomic E-state index is 13.8. The van der Waals surface area contributed by atoms with Crippen molar-refractivity contribution in [2.24, 2.45) is 0 Å². The van der Waals surface area contributed by atoms with Gasteiger partial charge in [0.1, 0.15) is 12.4 Å². The molecule has 0 aliphatic heterocycles. The predicted molar refractivity (Wildman–Crippen MR) is 106 cm³/mol. The molecule has 0 spiro atoms. The van der Waals surface area contributed by atoms with Crippen molar-refractivity contribution in [2.75, 3.05) is 5.32 Å². The number of hydrogen-bond acceptors (Lipinski definition) is 2. The number of hydrogen-bond donors (Lipinski definition) is 1. The fourth-order valence-corrected chi connectivity index (χ4v) is 3.30. The van der Waals surface area contributed by atoms with Gasteiger partial charge in [-0.05, 0) is 63.6 Å². The van der Waals surface area contributed by atoms with Crippen molar-refractivity contribution in [1.82, 2.24) is 9.36 Å². The van der Waals surface area contributed by atoms with Crippen molar-refractivity contribution in [2.45, 2.75) is 39.8 Å². The zero-order valence-corrected chi connectivity index (χ0v) is 16.4. The molecule has 142 valence electrons. The lowest BCUT2D eigenvalue weighted by Gasteiger charge is -2.24. The van der Waals surface area contributed by atoms with Gasteiger partial charge in [0.2, 0.25) is 5.91 Å². The van der Waals surface area contributed by atoms with E-state index in [-0.39, 0.29) is 18.0 Å². The van der Waals surface area contributed by atoms with Crippen LogP contribution in [-0.2, 0) is 16.9 Å². The summed E-state index contributed by atoms with van der Waals surface area (Å²) in [5, 5.41) is 3.74. The molecule has 0 aliphatic carbocycles. The van der Waals surface area contributed by atoms with Crippen LogP contribution in [0.2, 0.25) is 5.02 Å². The monoisotopic (exact) mass is 389 g/mol. The largest absolute Gasteiger partial charge is 0.324 e. The summed E-state index contributed by atoms with van der Waals surface area (Å²) >= 11 is 6.10. The van der Waals surface area contributed by atoms with Crippen LogP contribution < -0.4 is 10.9 Å². The van der Waals surface area contributed by atoms with Crippen molar-refractivity contribution in [3.8, 4) is 0 Å². The molecule has 0 unspecified atom stereocenters. The van der Waals surface area contributed by atoms with Gasteiger partial charge < -0.3 is 5.32 Å². The van der Waals surface area contributed by atoms with E-state index in [0.717, 1.165) is 5.56 Å². The second-order valence-electron chi connectivity index (χ2n) is 7.47. The molecule has 5 nitrogen and oxygen atoms in total. The maximum Gasteiger partial charge on any atom is 0.275 e.